The van der Waals surface area contributed by atoms with Crippen LogP contribution in [0.25, 0.3) is 0 Å². The summed E-state index contributed by atoms with van der Waals surface area (Å²) in [5.74, 6) is -3.25. The van der Waals surface area contributed by atoms with Crippen LogP contribution in [0.1, 0.15) is 41.0 Å². The SMILES string of the molecule is CCOC(=O)C1=C(C)N=C(C)C(C(=O)OCC)C1C1(C)CC=C(C#N)C(=O)N1. The molecule has 0 spiro atoms. The highest BCUT2D eigenvalue weighted by molar-refractivity contribution is 6.06. The number of ether oxygens (including phenoxy) is 2. The van der Waals surface area contributed by atoms with Gasteiger partial charge in [-0.1, -0.05) is 6.08 Å². The van der Waals surface area contributed by atoms with Gasteiger partial charge in [0.2, 0.25) is 0 Å². The lowest BCUT2D eigenvalue weighted by Crippen LogP contribution is -2.59. The maximum atomic E-state index is 12.8. The Labute approximate surface area is 164 Å². The van der Waals surface area contributed by atoms with Crippen molar-refractivity contribution >= 4 is 23.6 Å². The average Bonchev–Trinajstić information content (AvgIpc) is 2.61. The highest BCUT2D eigenvalue weighted by Crippen LogP contribution is 2.42. The molecule has 2 rings (SSSR count). The molecule has 2 aliphatic rings. The van der Waals surface area contributed by atoms with Gasteiger partial charge in [0.25, 0.3) is 5.91 Å². The third-order valence-electron chi connectivity index (χ3n) is 5.04. The second kappa shape index (κ2) is 8.38. The summed E-state index contributed by atoms with van der Waals surface area (Å²) in [6.45, 7) is 8.85. The highest BCUT2D eigenvalue weighted by Gasteiger charge is 2.52. The molecule has 8 heteroatoms. The fourth-order valence-corrected chi connectivity index (χ4v) is 3.82. The Morgan fingerprint density at radius 2 is 1.96 bits per heavy atom. The van der Waals surface area contributed by atoms with Crippen molar-refractivity contribution in [3.05, 3.63) is 22.9 Å². The first kappa shape index (κ1) is 21.4. The Kier molecular flexibility index (Phi) is 6.39. The number of hydrogen-bond acceptors (Lipinski definition) is 7. The average molecular weight is 387 g/mol. The minimum absolute atomic E-state index is 0.00439. The topological polar surface area (TPSA) is 118 Å². The predicted octanol–water partition coefficient (Wildman–Crippen LogP) is 1.82. The first-order valence-corrected chi connectivity index (χ1v) is 9.22. The summed E-state index contributed by atoms with van der Waals surface area (Å²) < 4.78 is 10.4. The van der Waals surface area contributed by atoms with Gasteiger partial charge in [-0.3, -0.25) is 14.6 Å². The normalized spacial score (nSPS) is 27.2. The Morgan fingerprint density at radius 3 is 2.50 bits per heavy atom. The van der Waals surface area contributed by atoms with Gasteiger partial charge in [-0.05, 0) is 41.0 Å². The van der Waals surface area contributed by atoms with Gasteiger partial charge in [0.15, 0.2) is 0 Å². The van der Waals surface area contributed by atoms with Gasteiger partial charge in [-0.25, -0.2) is 4.79 Å². The van der Waals surface area contributed by atoms with Crippen molar-refractivity contribution in [3.63, 3.8) is 0 Å². The van der Waals surface area contributed by atoms with Gasteiger partial charge in [-0.15, -0.1) is 0 Å². The van der Waals surface area contributed by atoms with Gasteiger partial charge >= 0.3 is 11.9 Å². The zero-order chi connectivity index (χ0) is 21.1. The molecule has 0 saturated carbocycles. The van der Waals surface area contributed by atoms with Crippen LogP contribution in [-0.4, -0.2) is 42.3 Å². The molecule has 28 heavy (non-hydrogen) atoms. The highest BCUT2D eigenvalue weighted by atomic mass is 16.5. The largest absolute Gasteiger partial charge is 0.465 e. The number of hydrogen-bond donors (Lipinski definition) is 1. The monoisotopic (exact) mass is 387 g/mol. The molecule has 0 aliphatic carbocycles. The summed E-state index contributed by atoms with van der Waals surface area (Å²) >= 11 is 0. The molecule has 1 N–H and O–H groups in total. The maximum absolute atomic E-state index is 12.8. The number of nitriles is 1. The molecule has 0 saturated heterocycles. The summed E-state index contributed by atoms with van der Waals surface area (Å²) in [7, 11) is 0. The van der Waals surface area contributed by atoms with Crippen LogP contribution in [-0.2, 0) is 23.9 Å². The van der Waals surface area contributed by atoms with E-state index in [1.54, 1.807) is 34.6 Å². The van der Waals surface area contributed by atoms with E-state index >= 15 is 0 Å². The summed E-state index contributed by atoms with van der Waals surface area (Å²) in [5, 5.41) is 11.9. The third kappa shape index (κ3) is 3.84. The number of nitrogens with one attached hydrogen (secondary N) is 1. The van der Waals surface area contributed by atoms with Crippen LogP contribution < -0.4 is 5.32 Å². The zero-order valence-corrected chi connectivity index (χ0v) is 16.8. The summed E-state index contributed by atoms with van der Waals surface area (Å²) in [6.07, 6.45) is 1.80. The summed E-state index contributed by atoms with van der Waals surface area (Å²) in [6, 6.07) is 1.85. The Balaban J connectivity index is 2.63. The quantitative estimate of drug-likeness (QED) is 0.719. The van der Waals surface area contributed by atoms with Crippen molar-refractivity contribution in [2.24, 2.45) is 16.8 Å². The molecule has 0 bridgehead atoms. The Hall–Kier alpha value is -2.95. The fraction of sp³-hybridized carbons (Fsp3) is 0.550. The molecule has 0 aromatic carbocycles. The Morgan fingerprint density at radius 1 is 1.32 bits per heavy atom. The minimum Gasteiger partial charge on any atom is -0.465 e. The zero-order valence-electron chi connectivity index (χ0n) is 16.8. The van der Waals surface area contributed by atoms with E-state index in [0.717, 1.165) is 0 Å². The number of aliphatic imine (C=N–C) groups is 1. The molecule has 0 aromatic heterocycles. The molecule has 0 aromatic rings. The first-order valence-electron chi connectivity index (χ1n) is 9.22. The van der Waals surface area contributed by atoms with Crippen molar-refractivity contribution < 1.29 is 23.9 Å². The molecule has 2 aliphatic heterocycles. The molecule has 3 atom stereocenters. The number of esters is 2. The number of carbonyl (C=O) groups is 3. The molecule has 3 unspecified atom stereocenters. The van der Waals surface area contributed by atoms with Gasteiger partial charge in [0.05, 0.1) is 18.8 Å². The van der Waals surface area contributed by atoms with Gasteiger partial charge in [0, 0.05) is 22.9 Å². The standard InChI is InChI=1S/C20H25N3O5/c1-6-27-18(25)14-11(3)22-12(4)15(19(26)28-7-2)16(14)20(5)9-8-13(10-21)17(24)23-20/h8,14,16H,6-7,9H2,1-5H3,(H,23,24). The van der Waals surface area contributed by atoms with Gasteiger partial charge in [0.1, 0.15) is 17.6 Å². The van der Waals surface area contributed by atoms with E-state index in [1.165, 1.54) is 6.08 Å². The molecular weight excluding hydrogens is 362 g/mol. The molecule has 8 nitrogen and oxygen atoms in total. The van der Waals surface area contributed by atoms with E-state index in [4.69, 9.17) is 14.7 Å². The lowest BCUT2D eigenvalue weighted by Gasteiger charge is -2.45. The van der Waals surface area contributed by atoms with Crippen molar-refractivity contribution in [2.75, 3.05) is 13.2 Å². The molecule has 2 heterocycles. The van der Waals surface area contributed by atoms with Crippen LogP contribution in [0.2, 0.25) is 0 Å². The fourth-order valence-electron chi connectivity index (χ4n) is 3.82. The number of carbonyl (C=O) groups excluding carboxylic acids is 3. The summed E-state index contributed by atoms with van der Waals surface area (Å²) in [5.41, 5.74) is 0.175. The van der Waals surface area contributed by atoms with E-state index in [1.807, 2.05) is 6.07 Å². The number of nitrogens with zero attached hydrogens (tertiary/aromatic N) is 2. The van der Waals surface area contributed by atoms with Crippen molar-refractivity contribution in [1.82, 2.24) is 5.32 Å². The Bertz CT molecular complexity index is 833. The van der Waals surface area contributed by atoms with E-state index in [0.29, 0.717) is 11.4 Å². The second-order valence-electron chi connectivity index (χ2n) is 6.99. The van der Waals surface area contributed by atoms with Crippen LogP contribution in [0.3, 0.4) is 0 Å². The van der Waals surface area contributed by atoms with Crippen molar-refractivity contribution in [2.45, 2.75) is 46.6 Å². The van der Waals surface area contributed by atoms with Crippen LogP contribution in [0, 0.1) is 23.2 Å². The van der Waals surface area contributed by atoms with E-state index in [9.17, 15) is 14.4 Å². The summed E-state index contributed by atoms with van der Waals surface area (Å²) in [4.78, 5) is 42.3. The minimum atomic E-state index is -1.00. The maximum Gasteiger partial charge on any atom is 0.336 e. The number of rotatable bonds is 5. The lowest BCUT2D eigenvalue weighted by molar-refractivity contribution is -0.149. The van der Waals surface area contributed by atoms with Crippen molar-refractivity contribution in [3.8, 4) is 6.07 Å². The van der Waals surface area contributed by atoms with Crippen LogP contribution in [0.4, 0.5) is 0 Å². The third-order valence-corrected chi connectivity index (χ3v) is 5.04. The van der Waals surface area contributed by atoms with Gasteiger partial charge in [-0.2, -0.15) is 5.26 Å². The lowest BCUT2D eigenvalue weighted by atomic mass is 9.66. The van der Waals surface area contributed by atoms with E-state index in [-0.39, 0.29) is 30.8 Å². The van der Waals surface area contributed by atoms with Crippen LogP contribution >= 0.6 is 0 Å². The van der Waals surface area contributed by atoms with E-state index < -0.39 is 35.2 Å². The van der Waals surface area contributed by atoms with Gasteiger partial charge < -0.3 is 14.8 Å². The van der Waals surface area contributed by atoms with Crippen LogP contribution in [0.5, 0.6) is 0 Å². The smallest absolute Gasteiger partial charge is 0.336 e. The molecule has 0 fully saturated rings. The second-order valence-corrected chi connectivity index (χ2v) is 6.99. The molecule has 0 radical (unpaired) electrons. The molecule has 150 valence electrons. The molecular formula is C20H25N3O5. The van der Waals surface area contributed by atoms with E-state index in [2.05, 4.69) is 10.3 Å². The van der Waals surface area contributed by atoms with Crippen LogP contribution in [0.15, 0.2) is 27.9 Å². The first-order chi connectivity index (χ1) is 13.2. The number of allylic oxidation sites excluding steroid dienone is 1. The van der Waals surface area contributed by atoms with Crippen molar-refractivity contribution in [1.29, 1.82) is 5.26 Å². The number of amides is 1. The molecule has 1 amide bonds. The predicted molar refractivity (Wildman–Crippen MR) is 101 cm³/mol.